The summed E-state index contributed by atoms with van der Waals surface area (Å²) in [5.41, 5.74) is -0.127. The van der Waals surface area contributed by atoms with Gasteiger partial charge in [0.25, 0.3) is 0 Å². The van der Waals surface area contributed by atoms with E-state index in [9.17, 15) is 4.79 Å². The second-order valence-electron chi connectivity index (χ2n) is 4.78. The lowest BCUT2D eigenvalue weighted by molar-refractivity contribution is 0.0685. The van der Waals surface area contributed by atoms with E-state index in [0.29, 0.717) is 5.76 Å². The maximum absolute atomic E-state index is 10.7. The van der Waals surface area contributed by atoms with E-state index in [1.54, 1.807) is 6.07 Å². The lowest BCUT2D eigenvalue weighted by Crippen LogP contribution is -2.42. The summed E-state index contributed by atoms with van der Waals surface area (Å²) in [5, 5.41) is 12.4. The zero-order valence-electron chi connectivity index (χ0n) is 9.56. The molecule has 16 heavy (non-hydrogen) atoms. The summed E-state index contributed by atoms with van der Waals surface area (Å²) in [6, 6.07) is 1.54. The van der Waals surface area contributed by atoms with Gasteiger partial charge < -0.3 is 14.5 Å². The van der Waals surface area contributed by atoms with Crippen molar-refractivity contribution < 1.29 is 14.4 Å². The molecule has 1 saturated heterocycles. The van der Waals surface area contributed by atoms with Crippen LogP contribution in [0.4, 0.5) is 0 Å². The van der Waals surface area contributed by atoms with E-state index in [1.807, 2.05) is 0 Å². The number of carbonyl (C=O) groups is 1. The fraction of sp³-hybridized carbons (Fsp3) is 0.636. The molecule has 0 saturated carbocycles. The minimum atomic E-state index is -1.04. The minimum absolute atomic E-state index is 0.00977. The van der Waals surface area contributed by atoms with Crippen LogP contribution in [0.2, 0.25) is 0 Å². The van der Waals surface area contributed by atoms with Crippen molar-refractivity contribution in [2.24, 2.45) is 0 Å². The number of aromatic carboxylic acids is 1. The lowest BCUT2D eigenvalue weighted by Gasteiger charge is -2.36. The van der Waals surface area contributed by atoms with E-state index in [4.69, 9.17) is 9.63 Å². The van der Waals surface area contributed by atoms with Gasteiger partial charge in [-0.3, -0.25) is 0 Å². The molecular weight excluding hydrogens is 208 g/mol. The molecule has 5 nitrogen and oxygen atoms in total. The standard InChI is InChI=1S/C11H16N2O3/c1-11(4-3-5-13(2)7-11)9-6-8(10(14)15)12-16-9/h6H,3-5,7H2,1-2H3,(H,14,15). The van der Waals surface area contributed by atoms with E-state index in [1.165, 1.54) is 0 Å². The third-order valence-corrected chi connectivity index (χ3v) is 3.21. The van der Waals surface area contributed by atoms with E-state index in [-0.39, 0.29) is 11.1 Å². The number of hydrogen-bond donors (Lipinski definition) is 1. The molecule has 0 radical (unpaired) electrons. The summed E-state index contributed by atoms with van der Waals surface area (Å²) in [5.74, 6) is -0.362. The number of likely N-dealkylation sites (N-methyl/N-ethyl adjacent to an activating group) is 1. The van der Waals surface area contributed by atoms with Gasteiger partial charge in [0, 0.05) is 18.0 Å². The van der Waals surface area contributed by atoms with Crippen molar-refractivity contribution in [2.75, 3.05) is 20.1 Å². The second-order valence-corrected chi connectivity index (χ2v) is 4.78. The van der Waals surface area contributed by atoms with Crippen LogP contribution in [0.15, 0.2) is 10.6 Å². The number of nitrogens with zero attached hydrogens (tertiary/aromatic N) is 2. The van der Waals surface area contributed by atoms with Crippen LogP contribution >= 0.6 is 0 Å². The quantitative estimate of drug-likeness (QED) is 0.821. The normalized spacial score (nSPS) is 26.9. The first-order valence-corrected chi connectivity index (χ1v) is 5.40. The van der Waals surface area contributed by atoms with E-state index >= 15 is 0 Å². The number of likely N-dealkylation sites (tertiary alicyclic amines) is 1. The topological polar surface area (TPSA) is 66.6 Å². The van der Waals surface area contributed by atoms with Gasteiger partial charge in [0.15, 0.2) is 5.69 Å². The molecule has 1 unspecified atom stereocenters. The maximum Gasteiger partial charge on any atom is 0.358 e. The summed E-state index contributed by atoms with van der Waals surface area (Å²) in [6.07, 6.45) is 2.10. The highest BCUT2D eigenvalue weighted by Gasteiger charge is 2.35. The molecule has 2 rings (SSSR count). The first-order valence-electron chi connectivity index (χ1n) is 5.40. The molecular formula is C11H16N2O3. The number of piperidine rings is 1. The van der Waals surface area contributed by atoms with Gasteiger partial charge in [-0.25, -0.2) is 4.79 Å². The van der Waals surface area contributed by atoms with E-state index in [0.717, 1.165) is 25.9 Å². The predicted molar refractivity (Wildman–Crippen MR) is 57.5 cm³/mol. The van der Waals surface area contributed by atoms with E-state index < -0.39 is 5.97 Å². The van der Waals surface area contributed by atoms with Crippen LogP contribution in [-0.4, -0.2) is 41.3 Å². The zero-order valence-corrected chi connectivity index (χ0v) is 9.56. The molecule has 0 spiro atoms. The highest BCUT2D eigenvalue weighted by atomic mass is 16.5. The summed E-state index contributed by atoms with van der Waals surface area (Å²) >= 11 is 0. The highest BCUT2D eigenvalue weighted by molar-refractivity contribution is 5.85. The average Bonchev–Trinajstić information content (AvgIpc) is 2.66. The Bertz CT molecular complexity index is 402. The third kappa shape index (κ3) is 1.95. The molecule has 1 aromatic rings. The Kier molecular flexibility index (Phi) is 2.71. The fourth-order valence-corrected chi connectivity index (χ4v) is 2.35. The molecule has 1 aromatic heterocycles. The van der Waals surface area contributed by atoms with Crippen LogP contribution in [0, 0.1) is 0 Å². The fourth-order valence-electron chi connectivity index (χ4n) is 2.35. The Labute approximate surface area is 94.0 Å². The molecule has 0 amide bonds. The van der Waals surface area contributed by atoms with Crippen LogP contribution in [-0.2, 0) is 5.41 Å². The Morgan fingerprint density at radius 1 is 1.69 bits per heavy atom. The minimum Gasteiger partial charge on any atom is -0.476 e. The number of aromatic nitrogens is 1. The summed E-state index contributed by atoms with van der Waals surface area (Å²) in [7, 11) is 2.06. The van der Waals surface area contributed by atoms with Gasteiger partial charge in [-0.05, 0) is 26.4 Å². The average molecular weight is 224 g/mol. The van der Waals surface area contributed by atoms with Gasteiger partial charge in [-0.15, -0.1) is 0 Å². The van der Waals surface area contributed by atoms with Crippen molar-refractivity contribution in [3.8, 4) is 0 Å². The van der Waals surface area contributed by atoms with Crippen LogP contribution in [0.1, 0.15) is 36.0 Å². The first-order chi connectivity index (χ1) is 7.51. The van der Waals surface area contributed by atoms with Gasteiger partial charge >= 0.3 is 5.97 Å². The second kappa shape index (κ2) is 3.90. The molecule has 2 heterocycles. The number of rotatable bonds is 2. The SMILES string of the molecule is CN1CCCC(C)(c2cc(C(=O)O)no2)C1. The molecule has 1 N–H and O–H groups in total. The predicted octanol–water partition coefficient (Wildman–Crippen LogP) is 1.36. The summed E-state index contributed by atoms with van der Waals surface area (Å²) in [4.78, 5) is 13.0. The molecule has 0 aliphatic carbocycles. The Morgan fingerprint density at radius 3 is 3.00 bits per heavy atom. The maximum atomic E-state index is 10.7. The van der Waals surface area contributed by atoms with Crippen molar-refractivity contribution in [1.29, 1.82) is 0 Å². The van der Waals surface area contributed by atoms with E-state index in [2.05, 4.69) is 24.0 Å². The van der Waals surface area contributed by atoms with Gasteiger partial charge in [0.05, 0.1) is 0 Å². The van der Waals surface area contributed by atoms with Crippen LogP contribution < -0.4 is 0 Å². The van der Waals surface area contributed by atoms with Gasteiger partial charge in [-0.2, -0.15) is 0 Å². The molecule has 88 valence electrons. The van der Waals surface area contributed by atoms with Crippen molar-refractivity contribution in [1.82, 2.24) is 10.1 Å². The van der Waals surface area contributed by atoms with Gasteiger partial charge in [0.2, 0.25) is 0 Å². The smallest absolute Gasteiger partial charge is 0.358 e. The highest BCUT2D eigenvalue weighted by Crippen LogP contribution is 2.33. The molecule has 5 heteroatoms. The van der Waals surface area contributed by atoms with Gasteiger partial charge in [0.1, 0.15) is 5.76 Å². The van der Waals surface area contributed by atoms with Crippen molar-refractivity contribution in [3.63, 3.8) is 0 Å². The zero-order chi connectivity index (χ0) is 11.8. The van der Waals surface area contributed by atoms with Crippen LogP contribution in [0.25, 0.3) is 0 Å². The largest absolute Gasteiger partial charge is 0.476 e. The van der Waals surface area contributed by atoms with Crippen LogP contribution in [0.5, 0.6) is 0 Å². The molecule has 1 fully saturated rings. The summed E-state index contributed by atoms with van der Waals surface area (Å²) < 4.78 is 5.16. The monoisotopic (exact) mass is 224 g/mol. The number of hydrogen-bond acceptors (Lipinski definition) is 4. The summed E-state index contributed by atoms with van der Waals surface area (Å²) in [6.45, 7) is 4.05. The first kappa shape index (κ1) is 11.1. The molecule has 1 atom stereocenters. The molecule has 1 aliphatic heterocycles. The van der Waals surface area contributed by atoms with Gasteiger partial charge in [-0.1, -0.05) is 12.1 Å². The molecule has 0 bridgehead atoms. The van der Waals surface area contributed by atoms with Crippen molar-refractivity contribution in [2.45, 2.75) is 25.2 Å². The van der Waals surface area contributed by atoms with Crippen LogP contribution in [0.3, 0.4) is 0 Å². The number of carboxylic acids is 1. The van der Waals surface area contributed by atoms with Crippen molar-refractivity contribution in [3.05, 3.63) is 17.5 Å². The Balaban J connectivity index is 2.24. The molecule has 1 aliphatic rings. The number of carboxylic acid groups (broad SMARTS) is 1. The Morgan fingerprint density at radius 2 is 2.44 bits per heavy atom. The Hall–Kier alpha value is -1.36. The third-order valence-electron chi connectivity index (χ3n) is 3.21. The van der Waals surface area contributed by atoms with Crippen molar-refractivity contribution >= 4 is 5.97 Å². The lowest BCUT2D eigenvalue weighted by atomic mass is 9.80. The molecule has 0 aromatic carbocycles.